The second-order valence-corrected chi connectivity index (χ2v) is 3.75. The fourth-order valence-corrected chi connectivity index (χ4v) is 1.89. The first-order valence-corrected chi connectivity index (χ1v) is 5.09. The number of hydrogen-bond donors (Lipinski definition) is 1. The van der Waals surface area contributed by atoms with Crippen molar-refractivity contribution in [3.8, 4) is 5.69 Å². The topological polar surface area (TPSA) is 43.8 Å². The zero-order valence-electron chi connectivity index (χ0n) is 7.52. The molecule has 2 aromatic rings. The van der Waals surface area contributed by atoms with Gasteiger partial charge in [-0.1, -0.05) is 22.0 Å². The molecule has 1 aromatic heterocycles. The van der Waals surface area contributed by atoms with E-state index in [2.05, 4.69) is 21.0 Å². The standard InChI is InChI=1S/C10H10BrN3/c11-9-3-1-4-10(8(9)7-12)14-6-2-5-13-14/h1-6H,7,12H2. The quantitative estimate of drug-likeness (QED) is 0.889. The van der Waals surface area contributed by atoms with Crippen LogP contribution in [0.5, 0.6) is 0 Å². The van der Waals surface area contributed by atoms with Gasteiger partial charge in [0.1, 0.15) is 0 Å². The molecule has 0 unspecified atom stereocenters. The lowest BCUT2D eigenvalue weighted by Crippen LogP contribution is -2.05. The third-order valence-corrected chi connectivity index (χ3v) is 2.79. The maximum Gasteiger partial charge on any atom is 0.0701 e. The molecule has 0 aliphatic heterocycles. The highest BCUT2D eigenvalue weighted by Gasteiger charge is 2.06. The largest absolute Gasteiger partial charge is 0.326 e. The molecule has 72 valence electrons. The Balaban J connectivity index is 2.58. The van der Waals surface area contributed by atoms with E-state index in [1.54, 1.807) is 6.20 Å². The number of aromatic nitrogens is 2. The van der Waals surface area contributed by atoms with E-state index in [1.165, 1.54) is 0 Å². The second-order valence-electron chi connectivity index (χ2n) is 2.89. The van der Waals surface area contributed by atoms with E-state index in [0.29, 0.717) is 6.54 Å². The Morgan fingerprint density at radius 3 is 2.86 bits per heavy atom. The number of hydrogen-bond acceptors (Lipinski definition) is 2. The van der Waals surface area contributed by atoms with Crippen molar-refractivity contribution >= 4 is 15.9 Å². The van der Waals surface area contributed by atoms with Gasteiger partial charge in [-0.05, 0) is 18.2 Å². The predicted molar refractivity (Wildman–Crippen MR) is 59.2 cm³/mol. The average Bonchev–Trinajstić information content (AvgIpc) is 2.70. The van der Waals surface area contributed by atoms with Crippen LogP contribution in [0.1, 0.15) is 5.56 Å². The van der Waals surface area contributed by atoms with Crippen LogP contribution in [0.15, 0.2) is 41.1 Å². The molecule has 0 atom stereocenters. The lowest BCUT2D eigenvalue weighted by molar-refractivity contribution is 0.856. The molecule has 14 heavy (non-hydrogen) atoms. The van der Waals surface area contributed by atoms with Gasteiger partial charge in [0.15, 0.2) is 0 Å². The van der Waals surface area contributed by atoms with Crippen molar-refractivity contribution < 1.29 is 0 Å². The van der Waals surface area contributed by atoms with E-state index >= 15 is 0 Å². The Kier molecular flexibility index (Phi) is 2.65. The van der Waals surface area contributed by atoms with Crippen molar-refractivity contribution in [2.45, 2.75) is 6.54 Å². The summed E-state index contributed by atoms with van der Waals surface area (Å²) in [4.78, 5) is 0. The van der Waals surface area contributed by atoms with E-state index in [0.717, 1.165) is 15.7 Å². The van der Waals surface area contributed by atoms with Gasteiger partial charge in [0.25, 0.3) is 0 Å². The SMILES string of the molecule is NCc1c(Br)cccc1-n1cccn1. The van der Waals surface area contributed by atoms with Crippen LogP contribution in [0.4, 0.5) is 0 Å². The van der Waals surface area contributed by atoms with Crippen molar-refractivity contribution in [3.63, 3.8) is 0 Å². The molecule has 0 bridgehead atoms. The van der Waals surface area contributed by atoms with E-state index in [9.17, 15) is 0 Å². The van der Waals surface area contributed by atoms with Gasteiger partial charge in [0, 0.05) is 29.0 Å². The fraction of sp³-hybridized carbons (Fsp3) is 0.100. The summed E-state index contributed by atoms with van der Waals surface area (Å²) in [7, 11) is 0. The zero-order valence-corrected chi connectivity index (χ0v) is 9.11. The van der Waals surface area contributed by atoms with Gasteiger partial charge in [0.05, 0.1) is 5.69 Å². The highest BCUT2D eigenvalue weighted by atomic mass is 79.9. The minimum absolute atomic E-state index is 0.497. The molecule has 0 amide bonds. The normalized spacial score (nSPS) is 10.4. The van der Waals surface area contributed by atoms with Crippen LogP contribution in [0.3, 0.4) is 0 Å². The molecule has 0 radical (unpaired) electrons. The van der Waals surface area contributed by atoms with Crippen molar-refractivity contribution in [2.24, 2.45) is 5.73 Å². The summed E-state index contributed by atoms with van der Waals surface area (Å²) in [5.74, 6) is 0. The highest BCUT2D eigenvalue weighted by molar-refractivity contribution is 9.10. The maximum atomic E-state index is 5.69. The molecule has 0 aliphatic carbocycles. The molecular weight excluding hydrogens is 242 g/mol. The highest BCUT2D eigenvalue weighted by Crippen LogP contribution is 2.22. The summed E-state index contributed by atoms with van der Waals surface area (Å²) in [5.41, 5.74) is 7.77. The van der Waals surface area contributed by atoms with Gasteiger partial charge in [-0.3, -0.25) is 0 Å². The summed E-state index contributed by atoms with van der Waals surface area (Å²) in [6, 6.07) is 7.84. The van der Waals surface area contributed by atoms with Crippen LogP contribution in [0.25, 0.3) is 5.69 Å². The van der Waals surface area contributed by atoms with Crippen LogP contribution < -0.4 is 5.73 Å². The molecule has 0 aliphatic rings. The average molecular weight is 252 g/mol. The number of rotatable bonds is 2. The monoisotopic (exact) mass is 251 g/mol. The Hall–Kier alpha value is -1.13. The predicted octanol–water partition coefficient (Wildman–Crippen LogP) is 2.09. The molecule has 2 rings (SSSR count). The van der Waals surface area contributed by atoms with Crippen LogP contribution in [0, 0.1) is 0 Å². The van der Waals surface area contributed by atoms with Crippen LogP contribution in [-0.2, 0) is 6.54 Å². The number of halogens is 1. The molecule has 0 saturated heterocycles. The smallest absolute Gasteiger partial charge is 0.0701 e. The van der Waals surface area contributed by atoms with E-state index < -0.39 is 0 Å². The minimum atomic E-state index is 0.497. The van der Waals surface area contributed by atoms with Gasteiger partial charge < -0.3 is 5.73 Å². The molecule has 0 spiro atoms. The molecule has 1 aromatic carbocycles. The summed E-state index contributed by atoms with van der Waals surface area (Å²) in [5, 5.41) is 4.18. The first kappa shape index (κ1) is 9.43. The van der Waals surface area contributed by atoms with Gasteiger partial charge in [-0.15, -0.1) is 0 Å². The van der Waals surface area contributed by atoms with E-state index in [-0.39, 0.29) is 0 Å². The number of benzene rings is 1. The number of nitrogens with two attached hydrogens (primary N) is 1. The van der Waals surface area contributed by atoms with Gasteiger partial charge >= 0.3 is 0 Å². The molecule has 0 saturated carbocycles. The number of nitrogens with zero attached hydrogens (tertiary/aromatic N) is 2. The first-order chi connectivity index (χ1) is 6.83. The molecule has 4 heteroatoms. The third-order valence-electron chi connectivity index (χ3n) is 2.05. The second kappa shape index (κ2) is 3.94. The lowest BCUT2D eigenvalue weighted by atomic mass is 10.2. The Morgan fingerprint density at radius 1 is 1.36 bits per heavy atom. The van der Waals surface area contributed by atoms with Crippen LogP contribution >= 0.6 is 15.9 Å². The molecule has 3 nitrogen and oxygen atoms in total. The van der Waals surface area contributed by atoms with Crippen molar-refractivity contribution in [3.05, 3.63) is 46.7 Å². The van der Waals surface area contributed by atoms with E-state index in [4.69, 9.17) is 5.73 Å². The van der Waals surface area contributed by atoms with Crippen molar-refractivity contribution in [2.75, 3.05) is 0 Å². The summed E-state index contributed by atoms with van der Waals surface area (Å²) >= 11 is 3.47. The maximum absolute atomic E-state index is 5.69. The van der Waals surface area contributed by atoms with E-state index in [1.807, 2.05) is 35.1 Å². The van der Waals surface area contributed by atoms with Crippen molar-refractivity contribution in [1.82, 2.24) is 9.78 Å². The summed E-state index contributed by atoms with van der Waals surface area (Å²) in [6.45, 7) is 0.497. The Morgan fingerprint density at radius 2 is 2.21 bits per heavy atom. The first-order valence-electron chi connectivity index (χ1n) is 4.30. The Labute approximate surface area is 90.7 Å². The summed E-state index contributed by atoms with van der Waals surface area (Å²) < 4.78 is 2.83. The van der Waals surface area contributed by atoms with Crippen LogP contribution in [0.2, 0.25) is 0 Å². The Bertz CT molecular complexity index is 423. The fourth-order valence-electron chi connectivity index (χ4n) is 1.38. The van der Waals surface area contributed by atoms with Gasteiger partial charge in [-0.2, -0.15) is 5.10 Å². The van der Waals surface area contributed by atoms with Crippen LogP contribution in [-0.4, -0.2) is 9.78 Å². The lowest BCUT2D eigenvalue weighted by Gasteiger charge is -2.09. The summed E-state index contributed by atoms with van der Waals surface area (Å²) in [6.07, 6.45) is 3.65. The molecule has 1 heterocycles. The molecular formula is C10H10BrN3. The zero-order chi connectivity index (χ0) is 9.97. The molecule has 0 fully saturated rings. The van der Waals surface area contributed by atoms with Crippen molar-refractivity contribution in [1.29, 1.82) is 0 Å². The van der Waals surface area contributed by atoms with Gasteiger partial charge in [-0.25, -0.2) is 4.68 Å². The third kappa shape index (κ3) is 1.58. The van der Waals surface area contributed by atoms with Gasteiger partial charge in [0.2, 0.25) is 0 Å². The minimum Gasteiger partial charge on any atom is -0.326 e. The molecule has 2 N–H and O–H groups in total.